The number of anilines is 1. The Hall–Kier alpha value is -1.43. The number of aromatic nitrogens is 4. The summed E-state index contributed by atoms with van der Waals surface area (Å²) in [5, 5.41) is 11.5. The van der Waals surface area contributed by atoms with Crippen LogP contribution >= 0.6 is 15.9 Å². The number of halogens is 1. The summed E-state index contributed by atoms with van der Waals surface area (Å²) in [7, 11) is 0. The fourth-order valence-corrected chi connectivity index (χ4v) is 1.54. The summed E-state index contributed by atoms with van der Waals surface area (Å²) in [6, 6.07) is 5.63. The maximum Gasteiger partial charge on any atom is 0.156 e. The summed E-state index contributed by atoms with van der Waals surface area (Å²) in [5.41, 5.74) is 7.33. The van der Waals surface area contributed by atoms with Crippen molar-refractivity contribution >= 4 is 21.6 Å². The standard InChI is InChI=1S/C9H10BrN5/c1-2-9-12-13-14-15(9)6-3-4-7(10)8(11)5-6/h3-5H,2,11H2,1H3. The molecular weight excluding hydrogens is 258 g/mol. The van der Waals surface area contributed by atoms with Gasteiger partial charge in [0, 0.05) is 16.6 Å². The van der Waals surface area contributed by atoms with E-state index in [0.717, 1.165) is 22.4 Å². The third-order valence-electron chi connectivity index (χ3n) is 2.07. The fourth-order valence-electron chi connectivity index (χ4n) is 1.29. The molecule has 0 atom stereocenters. The molecule has 2 rings (SSSR count). The lowest BCUT2D eigenvalue weighted by Gasteiger charge is -2.04. The Morgan fingerprint density at radius 3 is 2.93 bits per heavy atom. The van der Waals surface area contributed by atoms with E-state index in [-0.39, 0.29) is 0 Å². The van der Waals surface area contributed by atoms with Crippen LogP contribution in [0.3, 0.4) is 0 Å². The highest BCUT2D eigenvalue weighted by Gasteiger charge is 2.06. The van der Waals surface area contributed by atoms with Crippen molar-refractivity contribution in [2.24, 2.45) is 0 Å². The van der Waals surface area contributed by atoms with Gasteiger partial charge in [-0.2, -0.15) is 4.68 Å². The predicted octanol–water partition coefficient (Wildman–Crippen LogP) is 1.57. The molecular formula is C9H10BrN5. The highest BCUT2D eigenvalue weighted by Crippen LogP contribution is 2.22. The summed E-state index contributed by atoms with van der Waals surface area (Å²) in [6.45, 7) is 2.00. The zero-order valence-corrected chi connectivity index (χ0v) is 9.77. The van der Waals surface area contributed by atoms with Crippen molar-refractivity contribution in [2.75, 3.05) is 5.73 Å². The number of hydrogen-bond acceptors (Lipinski definition) is 4. The molecule has 1 aromatic carbocycles. The molecule has 5 nitrogen and oxygen atoms in total. The molecule has 2 aromatic rings. The van der Waals surface area contributed by atoms with Crippen molar-refractivity contribution in [2.45, 2.75) is 13.3 Å². The second kappa shape index (κ2) is 3.98. The lowest BCUT2D eigenvalue weighted by atomic mass is 10.3. The Morgan fingerprint density at radius 2 is 2.27 bits per heavy atom. The molecule has 0 aliphatic rings. The maximum absolute atomic E-state index is 5.79. The molecule has 0 radical (unpaired) electrons. The van der Waals surface area contributed by atoms with Gasteiger partial charge in [-0.05, 0) is 44.6 Å². The van der Waals surface area contributed by atoms with Crippen molar-refractivity contribution in [3.63, 3.8) is 0 Å². The Bertz CT molecular complexity index is 479. The third-order valence-corrected chi connectivity index (χ3v) is 2.80. The van der Waals surface area contributed by atoms with Crippen LogP contribution in [0, 0.1) is 0 Å². The van der Waals surface area contributed by atoms with Gasteiger partial charge in [0.1, 0.15) is 0 Å². The number of tetrazole rings is 1. The van der Waals surface area contributed by atoms with Gasteiger partial charge in [-0.15, -0.1) is 5.10 Å². The summed E-state index contributed by atoms with van der Waals surface area (Å²) < 4.78 is 2.56. The monoisotopic (exact) mass is 267 g/mol. The second-order valence-electron chi connectivity index (χ2n) is 3.07. The summed E-state index contributed by atoms with van der Waals surface area (Å²) in [5.74, 6) is 0.816. The van der Waals surface area contributed by atoms with Gasteiger partial charge in [-0.1, -0.05) is 6.92 Å². The molecule has 0 unspecified atom stereocenters. The average Bonchev–Trinajstić information content (AvgIpc) is 2.70. The zero-order valence-electron chi connectivity index (χ0n) is 8.18. The Kier molecular flexibility index (Phi) is 2.68. The van der Waals surface area contributed by atoms with E-state index in [9.17, 15) is 0 Å². The molecule has 0 fully saturated rings. The van der Waals surface area contributed by atoms with Crippen LogP contribution in [0.2, 0.25) is 0 Å². The maximum atomic E-state index is 5.79. The van der Waals surface area contributed by atoms with Gasteiger partial charge in [-0.25, -0.2) is 0 Å². The number of nitrogens with two attached hydrogens (primary N) is 1. The average molecular weight is 268 g/mol. The quantitative estimate of drug-likeness (QED) is 0.839. The van der Waals surface area contributed by atoms with Gasteiger partial charge >= 0.3 is 0 Å². The lowest BCUT2D eigenvalue weighted by Crippen LogP contribution is -2.03. The van der Waals surface area contributed by atoms with Crippen LogP contribution in [0.5, 0.6) is 0 Å². The number of nitrogen functional groups attached to an aromatic ring is 1. The normalized spacial score (nSPS) is 10.5. The number of nitrogens with zero attached hydrogens (tertiary/aromatic N) is 4. The zero-order chi connectivity index (χ0) is 10.8. The Labute approximate surface area is 95.4 Å². The highest BCUT2D eigenvalue weighted by molar-refractivity contribution is 9.10. The van der Waals surface area contributed by atoms with Crippen LogP contribution in [-0.2, 0) is 6.42 Å². The molecule has 2 N–H and O–H groups in total. The first-order valence-corrected chi connectivity index (χ1v) is 5.34. The summed E-state index contributed by atoms with van der Waals surface area (Å²) in [6.07, 6.45) is 0.781. The highest BCUT2D eigenvalue weighted by atomic mass is 79.9. The van der Waals surface area contributed by atoms with E-state index in [4.69, 9.17) is 5.73 Å². The van der Waals surface area contributed by atoms with E-state index < -0.39 is 0 Å². The lowest BCUT2D eigenvalue weighted by molar-refractivity contribution is 0.766. The molecule has 1 aromatic heterocycles. The fraction of sp³-hybridized carbons (Fsp3) is 0.222. The minimum atomic E-state index is 0.671. The van der Waals surface area contributed by atoms with Gasteiger partial charge in [0.05, 0.1) is 5.69 Å². The van der Waals surface area contributed by atoms with E-state index in [1.54, 1.807) is 4.68 Å². The minimum Gasteiger partial charge on any atom is -0.398 e. The summed E-state index contributed by atoms with van der Waals surface area (Å²) in [4.78, 5) is 0. The van der Waals surface area contributed by atoms with Crippen molar-refractivity contribution in [1.29, 1.82) is 0 Å². The Balaban J connectivity index is 2.50. The molecule has 0 saturated heterocycles. The molecule has 6 heteroatoms. The van der Waals surface area contributed by atoms with Crippen LogP contribution in [0.15, 0.2) is 22.7 Å². The van der Waals surface area contributed by atoms with E-state index in [2.05, 4.69) is 31.5 Å². The third kappa shape index (κ3) is 1.85. The van der Waals surface area contributed by atoms with Crippen molar-refractivity contribution in [3.8, 4) is 5.69 Å². The van der Waals surface area contributed by atoms with Gasteiger partial charge in [0.25, 0.3) is 0 Å². The van der Waals surface area contributed by atoms with Gasteiger partial charge in [0.2, 0.25) is 0 Å². The number of hydrogen-bond donors (Lipinski definition) is 1. The molecule has 0 amide bonds. The van der Waals surface area contributed by atoms with Crippen LogP contribution in [0.4, 0.5) is 5.69 Å². The van der Waals surface area contributed by atoms with Crippen molar-refractivity contribution < 1.29 is 0 Å². The first-order valence-electron chi connectivity index (χ1n) is 4.55. The van der Waals surface area contributed by atoms with Gasteiger partial charge in [-0.3, -0.25) is 0 Å². The molecule has 78 valence electrons. The first-order chi connectivity index (χ1) is 7.22. The molecule has 0 spiro atoms. The smallest absolute Gasteiger partial charge is 0.156 e. The summed E-state index contributed by atoms with van der Waals surface area (Å²) >= 11 is 3.34. The largest absolute Gasteiger partial charge is 0.398 e. The van der Waals surface area contributed by atoms with Gasteiger partial charge < -0.3 is 5.73 Å². The molecule has 0 saturated carbocycles. The van der Waals surface area contributed by atoms with Crippen LogP contribution < -0.4 is 5.73 Å². The predicted molar refractivity (Wildman–Crippen MR) is 60.6 cm³/mol. The van der Waals surface area contributed by atoms with Crippen LogP contribution in [-0.4, -0.2) is 20.2 Å². The van der Waals surface area contributed by atoms with E-state index >= 15 is 0 Å². The second-order valence-corrected chi connectivity index (χ2v) is 3.92. The van der Waals surface area contributed by atoms with Crippen molar-refractivity contribution in [3.05, 3.63) is 28.5 Å². The molecule has 1 heterocycles. The van der Waals surface area contributed by atoms with Crippen LogP contribution in [0.25, 0.3) is 5.69 Å². The van der Waals surface area contributed by atoms with E-state index in [0.29, 0.717) is 5.69 Å². The molecule has 15 heavy (non-hydrogen) atoms. The van der Waals surface area contributed by atoms with E-state index in [1.165, 1.54) is 0 Å². The van der Waals surface area contributed by atoms with Crippen molar-refractivity contribution in [1.82, 2.24) is 20.2 Å². The van der Waals surface area contributed by atoms with E-state index in [1.807, 2.05) is 25.1 Å². The molecule has 0 aliphatic heterocycles. The number of aryl methyl sites for hydroxylation is 1. The first kappa shape index (κ1) is 10.1. The topological polar surface area (TPSA) is 69.6 Å². The molecule has 0 bridgehead atoms. The van der Waals surface area contributed by atoms with Crippen LogP contribution in [0.1, 0.15) is 12.7 Å². The Morgan fingerprint density at radius 1 is 1.47 bits per heavy atom. The molecule has 0 aliphatic carbocycles. The number of rotatable bonds is 2. The van der Waals surface area contributed by atoms with Gasteiger partial charge in [0.15, 0.2) is 5.82 Å². The number of benzene rings is 1. The minimum absolute atomic E-state index is 0.671. The SMILES string of the molecule is CCc1nnnn1-c1ccc(Br)c(N)c1.